The molecule has 0 fully saturated rings. The van der Waals surface area contributed by atoms with Crippen LogP contribution in [0.4, 0.5) is 0 Å². The third kappa shape index (κ3) is 4.98. The highest BCUT2D eigenvalue weighted by Gasteiger charge is 2.20. The number of thioether (sulfide) groups is 1. The smallest absolute Gasteiger partial charge is 0.319 e. The van der Waals surface area contributed by atoms with Crippen LogP contribution >= 0.6 is 23.4 Å². The number of carbonyl (C=O) groups excluding carboxylic acids is 1. The third-order valence-corrected chi connectivity index (χ3v) is 5.02. The predicted octanol–water partition coefficient (Wildman–Crippen LogP) is 4.14. The number of halogens is 1. The molecular formula is C18H23ClN2O3S. The number of rotatable bonds is 7. The van der Waals surface area contributed by atoms with Crippen molar-refractivity contribution in [2.75, 3.05) is 6.61 Å². The fourth-order valence-corrected chi connectivity index (χ4v) is 3.41. The molecule has 0 saturated carbocycles. The Morgan fingerprint density at radius 1 is 1.36 bits per heavy atom. The SMILES string of the molecule is CCOC(=O)C(C)Sc1nc2cc(Cl)ccc2c(=O)n1CCC(C)C. The molecule has 0 saturated heterocycles. The molecule has 0 aliphatic rings. The maximum atomic E-state index is 12.9. The van der Waals surface area contributed by atoms with Crippen LogP contribution in [0.3, 0.4) is 0 Å². The predicted molar refractivity (Wildman–Crippen MR) is 102 cm³/mol. The van der Waals surface area contributed by atoms with Crippen LogP contribution in [0.1, 0.15) is 34.1 Å². The standard InChI is InChI=1S/C18H23ClN2O3S/c1-5-24-17(23)12(4)25-18-20-15-10-13(19)6-7-14(15)16(22)21(18)9-8-11(2)3/h6-7,10-12H,5,8-9H2,1-4H3. The Hall–Kier alpha value is -1.53. The molecule has 7 heteroatoms. The van der Waals surface area contributed by atoms with Crippen LogP contribution in [0, 0.1) is 5.92 Å². The number of ether oxygens (including phenoxy) is 1. The van der Waals surface area contributed by atoms with Gasteiger partial charge in [-0.3, -0.25) is 14.2 Å². The molecule has 0 radical (unpaired) electrons. The Balaban J connectivity index is 2.48. The van der Waals surface area contributed by atoms with E-state index in [2.05, 4.69) is 18.8 Å². The lowest BCUT2D eigenvalue weighted by Crippen LogP contribution is -2.26. The second kappa shape index (κ2) is 8.72. The van der Waals surface area contributed by atoms with Gasteiger partial charge in [-0.15, -0.1) is 0 Å². The Morgan fingerprint density at radius 3 is 2.72 bits per heavy atom. The highest BCUT2D eigenvalue weighted by atomic mass is 35.5. The number of fused-ring (bicyclic) bond motifs is 1. The minimum Gasteiger partial charge on any atom is -0.465 e. The van der Waals surface area contributed by atoms with E-state index in [9.17, 15) is 9.59 Å². The van der Waals surface area contributed by atoms with Gasteiger partial charge in [0.1, 0.15) is 5.25 Å². The van der Waals surface area contributed by atoms with Crippen molar-refractivity contribution >= 4 is 40.2 Å². The summed E-state index contributed by atoms with van der Waals surface area (Å²) in [5, 5.41) is 1.12. The third-order valence-electron chi connectivity index (χ3n) is 3.71. The van der Waals surface area contributed by atoms with Gasteiger partial charge >= 0.3 is 5.97 Å². The van der Waals surface area contributed by atoms with E-state index in [1.807, 2.05) is 0 Å². The molecule has 0 aliphatic heterocycles. The van der Waals surface area contributed by atoms with Crippen LogP contribution in [0.15, 0.2) is 28.2 Å². The van der Waals surface area contributed by atoms with Crippen molar-refractivity contribution in [3.05, 3.63) is 33.6 Å². The zero-order chi connectivity index (χ0) is 18.6. The van der Waals surface area contributed by atoms with E-state index in [0.29, 0.717) is 40.2 Å². The average molecular weight is 383 g/mol. The number of carbonyl (C=O) groups is 1. The first-order valence-electron chi connectivity index (χ1n) is 8.36. The molecule has 5 nitrogen and oxygen atoms in total. The van der Waals surface area contributed by atoms with Gasteiger partial charge in [-0.1, -0.05) is 37.2 Å². The molecule has 136 valence electrons. The monoisotopic (exact) mass is 382 g/mol. The summed E-state index contributed by atoms with van der Waals surface area (Å²) in [6, 6.07) is 5.06. The summed E-state index contributed by atoms with van der Waals surface area (Å²) in [5.41, 5.74) is 0.428. The number of hydrogen-bond donors (Lipinski definition) is 0. The molecule has 25 heavy (non-hydrogen) atoms. The number of aromatic nitrogens is 2. The summed E-state index contributed by atoms with van der Waals surface area (Å²) in [6.07, 6.45) is 0.849. The first-order chi connectivity index (χ1) is 11.8. The summed E-state index contributed by atoms with van der Waals surface area (Å²) in [4.78, 5) is 29.4. The average Bonchev–Trinajstić information content (AvgIpc) is 2.54. The molecule has 0 aliphatic carbocycles. The van der Waals surface area contributed by atoms with Gasteiger partial charge in [-0.25, -0.2) is 4.98 Å². The van der Waals surface area contributed by atoms with E-state index < -0.39 is 5.25 Å². The Bertz CT molecular complexity index is 820. The van der Waals surface area contributed by atoms with E-state index in [1.165, 1.54) is 11.8 Å². The lowest BCUT2D eigenvalue weighted by molar-refractivity contribution is -0.142. The molecule has 1 aromatic carbocycles. The minimum atomic E-state index is -0.450. The molecule has 0 bridgehead atoms. The van der Waals surface area contributed by atoms with Crippen molar-refractivity contribution in [1.29, 1.82) is 0 Å². The van der Waals surface area contributed by atoms with Crippen LogP contribution in [-0.2, 0) is 16.1 Å². The zero-order valence-corrected chi connectivity index (χ0v) is 16.5. The molecular weight excluding hydrogens is 360 g/mol. The van der Waals surface area contributed by atoms with Crippen LogP contribution in [0.25, 0.3) is 10.9 Å². The van der Waals surface area contributed by atoms with Gasteiger partial charge < -0.3 is 4.74 Å². The normalized spacial score (nSPS) is 12.6. The van der Waals surface area contributed by atoms with E-state index in [4.69, 9.17) is 16.3 Å². The number of esters is 1. The first-order valence-corrected chi connectivity index (χ1v) is 9.62. The Kier molecular flexibility index (Phi) is 6.90. The van der Waals surface area contributed by atoms with E-state index in [0.717, 1.165) is 6.42 Å². The summed E-state index contributed by atoms with van der Waals surface area (Å²) in [7, 11) is 0. The fourth-order valence-electron chi connectivity index (χ4n) is 2.31. The molecule has 1 atom stereocenters. The number of hydrogen-bond acceptors (Lipinski definition) is 5. The molecule has 1 heterocycles. The molecule has 0 amide bonds. The van der Waals surface area contributed by atoms with Gasteiger partial charge in [0.25, 0.3) is 5.56 Å². The topological polar surface area (TPSA) is 61.2 Å². The molecule has 2 aromatic rings. The Morgan fingerprint density at radius 2 is 2.08 bits per heavy atom. The molecule has 2 rings (SSSR count). The van der Waals surface area contributed by atoms with Gasteiger partial charge in [0, 0.05) is 11.6 Å². The maximum absolute atomic E-state index is 12.9. The zero-order valence-electron chi connectivity index (χ0n) is 14.9. The largest absolute Gasteiger partial charge is 0.465 e. The van der Waals surface area contributed by atoms with Crippen LogP contribution in [0.2, 0.25) is 5.02 Å². The Labute approximate surface area is 156 Å². The molecule has 0 spiro atoms. The van der Waals surface area contributed by atoms with Crippen molar-refractivity contribution in [1.82, 2.24) is 9.55 Å². The van der Waals surface area contributed by atoms with E-state index in [1.54, 1.807) is 36.6 Å². The van der Waals surface area contributed by atoms with E-state index >= 15 is 0 Å². The van der Waals surface area contributed by atoms with E-state index in [-0.39, 0.29) is 11.5 Å². The van der Waals surface area contributed by atoms with Crippen molar-refractivity contribution in [3.63, 3.8) is 0 Å². The fraction of sp³-hybridized carbons (Fsp3) is 0.500. The number of benzene rings is 1. The van der Waals surface area contributed by atoms with Crippen molar-refractivity contribution in [2.45, 2.75) is 51.1 Å². The second-order valence-electron chi connectivity index (χ2n) is 6.21. The van der Waals surface area contributed by atoms with Gasteiger partial charge in [-0.05, 0) is 44.4 Å². The highest BCUT2D eigenvalue weighted by Crippen LogP contribution is 2.25. The van der Waals surface area contributed by atoms with Crippen LogP contribution in [-0.4, -0.2) is 27.4 Å². The van der Waals surface area contributed by atoms with Crippen LogP contribution in [0.5, 0.6) is 0 Å². The summed E-state index contributed by atoms with van der Waals surface area (Å²) < 4.78 is 6.70. The second-order valence-corrected chi connectivity index (χ2v) is 7.95. The van der Waals surface area contributed by atoms with Gasteiger partial charge in [-0.2, -0.15) is 0 Å². The maximum Gasteiger partial charge on any atom is 0.319 e. The molecule has 0 N–H and O–H groups in total. The van der Waals surface area contributed by atoms with Crippen molar-refractivity contribution < 1.29 is 9.53 Å². The summed E-state index contributed by atoms with van der Waals surface area (Å²) in [5.74, 6) is 0.136. The lowest BCUT2D eigenvalue weighted by atomic mass is 10.1. The van der Waals surface area contributed by atoms with Gasteiger partial charge in [0.2, 0.25) is 0 Å². The number of nitrogens with zero attached hydrogens (tertiary/aromatic N) is 2. The van der Waals surface area contributed by atoms with Crippen molar-refractivity contribution in [2.24, 2.45) is 5.92 Å². The molecule has 1 unspecified atom stereocenters. The lowest BCUT2D eigenvalue weighted by Gasteiger charge is -2.16. The first kappa shape index (κ1) is 19.8. The van der Waals surface area contributed by atoms with Crippen LogP contribution < -0.4 is 5.56 Å². The summed E-state index contributed by atoms with van der Waals surface area (Å²) in [6.45, 7) is 8.61. The van der Waals surface area contributed by atoms with Gasteiger partial charge in [0.15, 0.2) is 5.16 Å². The van der Waals surface area contributed by atoms with Gasteiger partial charge in [0.05, 0.1) is 17.5 Å². The highest BCUT2D eigenvalue weighted by molar-refractivity contribution is 8.00. The summed E-state index contributed by atoms with van der Waals surface area (Å²) >= 11 is 7.27. The molecule has 1 aromatic heterocycles. The minimum absolute atomic E-state index is 0.110. The van der Waals surface area contributed by atoms with Crippen molar-refractivity contribution in [3.8, 4) is 0 Å². The quantitative estimate of drug-likeness (QED) is 0.409.